The Hall–Kier alpha value is -1.56. The molecule has 0 unspecified atom stereocenters. The van der Waals surface area contributed by atoms with Crippen molar-refractivity contribution in [1.82, 2.24) is 10.3 Å². The number of hydrogen-bond acceptors (Lipinski definition) is 2. The third kappa shape index (κ3) is 2.33. The van der Waals surface area contributed by atoms with Crippen LogP contribution in [0.5, 0.6) is 0 Å². The van der Waals surface area contributed by atoms with Crippen LogP contribution in [0.3, 0.4) is 0 Å². The van der Waals surface area contributed by atoms with E-state index < -0.39 is 0 Å². The fourth-order valence-electron chi connectivity index (χ4n) is 1.43. The molecule has 0 aliphatic heterocycles. The van der Waals surface area contributed by atoms with Gasteiger partial charge in [0.1, 0.15) is 0 Å². The van der Waals surface area contributed by atoms with Crippen molar-refractivity contribution in [2.75, 3.05) is 13.6 Å². The molecule has 2 aromatic rings. The zero-order valence-corrected chi connectivity index (χ0v) is 9.67. The Bertz CT molecular complexity index is 567. The van der Waals surface area contributed by atoms with Gasteiger partial charge in [-0.1, -0.05) is 23.4 Å². The first kappa shape index (κ1) is 10.9. The fraction of sp³-hybridized carbons (Fsp3) is 0.154. The predicted octanol–water partition coefficient (Wildman–Crippen LogP) is 2.46. The molecule has 0 bridgehead atoms. The van der Waals surface area contributed by atoms with Crippen molar-refractivity contribution < 1.29 is 0 Å². The van der Waals surface area contributed by atoms with E-state index in [-0.39, 0.29) is 0 Å². The minimum Gasteiger partial charge on any atom is -0.309 e. The molecule has 0 atom stereocenters. The van der Waals surface area contributed by atoms with E-state index in [0.29, 0.717) is 11.6 Å². The van der Waals surface area contributed by atoms with Gasteiger partial charge in [0.2, 0.25) is 0 Å². The Morgan fingerprint density at radius 2 is 2.25 bits per heavy atom. The zero-order chi connectivity index (χ0) is 11.4. The average molecular weight is 231 g/mol. The molecule has 1 aromatic carbocycles. The second-order valence-corrected chi connectivity index (χ2v) is 3.76. The van der Waals surface area contributed by atoms with Crippen molar-refractivity contribution in [1.29, 1.82) is 0 Å². The molecule has 2 nitrogen and oxygen atoms in total. The maximum absolute atomic E-state index is 6.09. The molecule has 3 heteroatoms. The summed E-state index contributed by atoms with van der Waals surface area (Å²) in [6.07, 6.45) is 1.71. The number of hydrogen-bond donors (Lipinski definition) is 1. The SMILES string of the molecule is CNCC#Cc1ccc2nccc(Cl)c2c1. The minimum absolute atomic E-state index is 0.679. The van der Waals surface area contributed by atoms with E-state index >= 15 is 0 Å². The van der Waals surface area contributed by atoms with E-state index in [1.165, 1.54) is 0 Å². The molecule has 80 valence electrons. The molecule has 0 fully saturated rings. The Labute approximate surface area is 99.6 Å². The standard InChI is InChI=1S/C13H11ClN2/c1-15-7-2-3-10-4-5-13-11(9-10)12(14)6-8-16-13/h4-6,8-9,15H,7H2,1H3. The number of rotatable bonds is 1. The molecule has 0 radical (unpaired) electrons. The van der Waals surface area contributed by atoms with E-state index in [2.05, 4.69) is 22.1 Å². The molecule has 0 aliphatic rings. The Balaban J connectivity index is 2.44. The third-order valence-corrected chi connectivity index (χ3v) is 2.52. The molecular weight excluding hydrogens is 220 g/mol. The third-order valence-electron chi connectivity index (χ3n) is 2.19. The van der Waals surface area contributed by atoms with Crippen LogP contribution in [0.4, 0.5) is 0 Å². The van der Waals surface area contributed by atoms with E-state index in [1.54, 1.807) is 12.3 Å². The van der Waals surface area contributed by atoms with E-state index in [4.69, 9.17) is 11.6 Å². The largest absolute Gasteiger partial charge is 0.309 e. The van der Waals surface area contributed by atoms with Crippen LogP contribution >= 0.6 is 11.6 Å². The van der Waals surface area contributed by atoms with Gasteiger partial charge in [0.15, 0.2) is 0 Å². The van der Waals surface area contributed by atoms with Crippen LogP contribution < -0.4 is 5.32 Å². The lowest BCUT2D eigenvalue weighted by atomic mass is 10.1. The highest BCUT2D eigenvalue weighted by Gasteiger charge is 1.99. The highest BCUT2D eigenvalue weighted by Crippen LogP contribution is 2.21. The van der Waals surface area contributed by atoms with E-state index in [0.717, 1.165) is 16.5 Å². The second kappa shape index (κ2) is 4.98. The number of halogens is 1. The summed E-state index contributed by atoms with van der Waals surface area (Å²) >= 11 is 6.09. The fourth-order valence-corrected chi connectivity index (χ4v) is 1.63. The average Bonchev–Trinajstić information content (AvgIpc) is 2.30. The van der Waals surface area contributed by atoms with Gasteiger partial charge in [0.05, 0.1) is 17.1 Å². The molecule has 16 heavy (non-hydrogen) atoms. The van der Waals surface area contributed by atoms with Gasteiger partial charge in [-0.25, -0.2) is 0 Å². The van der Waals surface area contributed by atoms with Gasteiger partial charge in [-0.15, -0.1) is 0 Å². The molecule has 0 spiro atoms. The van der Waals surface area contributed by atoms with Crippen LogP contribution in [0.15, 0.2) is 30.5 Å². The van der Waals surface area contributed by atoms with Gasteiger partial charge in [-0.05, 0) is 31.3 Å². The maximum Gasteiger partial charge on any atom is 0.0717 e. The molecule has 1 N–H and O–H groups in total. The highest BCUT2D eigenvalue weighted by molar-refractivity contribution is 6.35. The molecular formula is C13H11ClN2. The van der Waals surface area contributed by atoms with Gasteiger partial charge >= 0.3 is 0 Å². The molecule has 0 aliphatic carbocycles. The van der Waals surface area contributed by atoms with Crippen molar-refractivity contribution in [3.05, 3.63) is 41.0 Å². The number of nitrogens with zero attached hydrogens (tertiary/aromatic N) is 1. The molecule has 0 amide bonds. The van der Waals surface area contributed by atoms with Gasteiger partial charge in [-0.3, -0.25) is 4.98 Å². The van der Waals surface area contributed by atoms with Crippen LogP contribution in [0.1, 0.15) is 5.56 Å². The second-order valence-electron chi connectivity index (χ2n) is 3.36. The molecule has 0 saturated carbocycles. The Kier molecular flexibility index (Phi) is 3.40. The summed E-state index contributed by atoms with van der Waals surface area (Å²) in [7, 11) is 1.87. The number of pyridine rings is 1. The van der Waals surface area contributed by atoms with Crippen molar-refractivity contribution in [3.63, 3.8) is 0 Å². The van der Waals surface area contributed by atoms with Crippen LogP contribution in [-0.2, 0) is 0 Å². The van der Waals surface area contributed by atoms with Crippen molar-refractivity contribution in [2.24, 2.45) is 0 Å². The number of aromatic nitrogens is 1. The lowest BCUT2D eigenvalue weighted by Gasteiger charge is -1.99. The Morgan fingerprint density at radius 1 is 1.38 bits per heavy atom. The first-order chi connectivity index (χ1) is 7.81. The monoisotopic (exact) mass is 230 g/mol. The van der Waals surface area contributed by atoms with Gasteiger partial charge in [0, 0.05) is 17.1 Å². The summed E-state index contributed by atoms with van der Waals surface area (Å²) in [5, 5.41) is 4.63. The number of nitrogens with one attached hydrogen (secondary N) is 1. The van der Waals surface area contributed by atoms with Crippen molar-refractivity contribution in [3.8, 4) is 11.8 Å². The van der Waals surface area contributed by atoms with Crippen LogP contribution in [0, 0.1) is 11.8 Å². The highest BCUT2D eigenvalue weighted by atomic mass is 35.5. The van der Waals surface area contributed by atoms with Crippen molar-refractivity contribution >= 4 is 22.5 Å². The predicted molar refractivity (Wildman–Crippen MR) is 67.6 cm³/mol. The maximum atomic E-state index is 6.09. The molecule has 1 heterocycles. The summed E-state index contributed by atoms with van der Waals surface area (Å²) in [5.41, 5.74) is 1.85. The lowest BCUT2D eigenvalue weighted by molar-refractivity contribution is 0.938. The summed E-state index contributed by atoms with van der Waals surface area (Å²) in [4.78, 5) is 4.23. The van der Waals surface area contributed by atoms with E-state index in [9.17, 15) is 0 Å². The minimum atomic E-state index is 0.679. The summed E-state index contributed by atoms with van der Waals surface area (Å²) in [6, 6.07) is 7.64. The molecule has 2 rings (SSSR count). The number of benzene rings is 1. The van der Waals surface area contributed by atoms with Crippen LogP contribution in [0.25, 0.3) is 10.9 Å². The zero-order valence-electron chi connectivity index (χ0n) is 8.92. The van der Waals surface area contributed by atoms with Gasteiger partial charge in [-0.2, -0.15) is 0 Å². The number of fused-ring (bicyclic) bond motifs is 1. The normalized spacial score (nSPS) is 9.88. The quantitative estimate of drug-likeness (QED) is 0.762. The summed E-state index contributed by atoms with van der Waals surface area (Å²) in [6.45, 7) is 0.679. The molecule has 1 aromatic heterocycles. The Morgan fingerprint density at radius 3 is 3.06 bits per heavy atom. The summed E-state index contributed by atoms with van der Waals surface area (Å²) in [5.74, 6) is 6.08. The van der Waals surface area contributed by atoms with Crippen molar-refractivity contribution in [2.45, 2.75) is 0 Å². The first-order valence-corrected chi connectivity index (χ1v) is 5.37. The van der Waals surface area contributed by atoms with Gasteiger partial charge in [0.25, 0.3) is 0 Å². The smallest absolute Gasteiger partial charge is 0.0717 e. The molecule has 0 saturated heterocycles. The van der Waals surface area contributed by atoms with E-state index in [1.807, 2.05) is 25.2 Å². The summed E-state index contributed by atoms with van der Waals surface area (Å²) < 4.78 is 0. The topological polar surface area (TPSA) is 24.9 Å². The van der Waals surface area contributed by atoms with Gasteiger partial charge < -0.3 is 5.32 Å². The van der Waals surface area contributed by atoms with Crippen LogP contribution in [0.2, 0.25) is 5.02 Å². The first-order valence-electron chi connectivity index (χ1n) is 4.99. The lowest BCUT2D eigenvalue weighted by Crippen LogP contribution is -2.04. The van der Waals surface area contributed by atoms with Crippen LogP contribution in [-0.4, -0.2) is 18.6 Å².